The van der Waals surface area contributed by atoms with Crippen molar-refractivity contribution in [3.05, 3.63) is 113 Å². The molecule has 5 aliphatic rings. The number of ether oxygens (including phenoxy) is 4. The zero-order chi connectivity index (χ0) is 37.4. The minimum Gasteiger partial charge on any atom is -0.490 e. The van der Waals surface area contributed by atoms with Crippen molar-refractivity contribution in [3.8, 4) is 22.8 Å². The number of benzene rings is 2. The van der Waals surface area contributed by atoms with Crippen molar-refractivity contribution in [2.45, 2.75) is 43.2 Å². The largest absolute Gasteiger partial charge is 0.490 e. The lowest BCUT2D eigenvalue weighted by molar-refractivity contribution is 0.0134. The first-order valence-electron chi connectivity index (χ1n) is 18.8. The fraction of sp³-hybridized carbons (Fsp3) is 0.317. The summed E-state index contributed by atoms with van der Waals surface area (Å²) in [6.07, 6.45) is 4.91. The number of nitrogens with zero attached hydrogens (tertiary/aromatic N) is 9. The lowest BCUT2D eigenvalue weighted by Crippen LogP contribution is -2.45. The fourth-order valence-corrected chi connectivity index (χ4v) is 9.09. The quantitative estimate of drug-likeness (QED) is 0.224. The highest BCUT2D eigenvalue weighted by Crippen LogP contribution is 2.46. The van der Waals surface area contributed by atoms with E-state index in [1.807, 2.05) is 73.1 Å². The number of aliphatic hydroxyl groups excluding tert-OH is 1. The van der Waals surface area contributed by atoms with E-state index >= 15 is 0 Å². The Kier molecular flexibility index (Phi) is 7.88. The number of aliphatic hydroxyl groups is 1. The summed E-state index contributed by atoms with van der Waals surface area (Å²) in [6.45, 7) is 4.57. The van der Waals surface area contributed by atoms with E-state index in [2.05, 4.69) is 62.0 Å². The van der Waals surface area contributed by atoms with Gasteiger partial charge in [-0.1, -0.05) is 36.4 Å². The van der Waals surface area contributed by atoms with Crippen LogP contribution in [0.1, 0.15) is 35.6 Å². The number of hydrogen-bond acceptors (Lipinski definition) is 12. The van der Waals surface area contributed by atoms with Crippen LogP contribution in [0.3, 0.4) is 0 Å². The first kappa shape index (κ1) is 33.8. The van der Waals surface area contributed by atoms with Gasteiger partial charge in [-0.2, -0.15) is 0 Å². The van der Waals surface area contributed by atoms with Crippen LogP contribution in [0.25, 0.3) is 33.6 Å². The third-order valence-electron chi connectivity index (χ3n) is 11.5. The Balaban J connectivity index is 0.000000142. The van der Waals surface area contributed by atoms with Crippen LogP contribution in [0.5, 0.6) is 11.5 Å². The Morgan fingerprint density at radius 2 is 1.20 bits per heavy atom. The van der Waals surface area contributed by atoms with Gasteiger partial charge in [-0.05, 0) is 65.2 Å². The summed E-state index contributed by atoms with van der Waals surface area (Å²) in [5.74, 6) is 4.23. The Morgan fingerprint density at radius 1 is 0.643 bits per heavy atom. The molecule has 1 fully saturated rings. The van der Waals surface area contributed by atoms with Crippen molar-refractivity contribution in [1.82, 2.24) is 39.0 Å². The number of imidazole rings is 2. The van der Waals surface area contributed by atoms with Crippen LogP contribution in [0.15, 0.2) is 89.8 Å². The molecule has 5 aromatic heterocycles. The summed E-state index contributed by atoms with van der Waals surface area (Å²) in [4.78, 5) is 30.5. The molecule has 2 unspecified atom stereocenters. The normalized spacial score (nSPS) is 22.3. The van der Waals surface area contributed by atoms with Crippen LogP contribution < -0.4 is 14.4 Å². The number of piperidine rings is 1. The number of anilines is 1. The molecule has 1 N–H and O–H groups in total. The highest BCUT2D eigenvalue weighted by molar-refractivity contribution is 9.10. The molecule has 2 aromatic carbocycles. The van der Waals surface area contributed by atoms with Gasteiger partial charge in [-0.15, -0.1) is 0 Å². The van der Waals surface area contributed by atoms with Gasteiger partial charge < -0.3 is 29.0 Å². The molecular formula is C41H36BrN9O5. The maximum atomic E-state index is 9.75. The van der Waals surface area contributed by atoms with Crippen LogP contribution in [0.4, 0.5) is 5.95 Å². The molecule has 0 saturated carbocycles. The second kappa shape index (κ2) is 13.0. The fourth-order valence-electron chi connectivity index (χ4n) is 8.79. The van der Waals surface area contributed by atoms with Crippen molar-refractivity contribution in [3.63, 3.8) is 0 Å². The third kappa shape index (κ3) is 5.25. The van der Waals surface area contributed by atoms with Gasteiger partial charge in [0.2, 0.25) is 5.95 Å². The SMILES string of the molecule is Brc1ccc2nc3n(c2n1)C1(COC3)COc2ccccc21.OC1CCN(c2ncc(-c3ccc4nc5n(c4n3)C3(COC5)COc4ccccc43)cn2)CC1. The van der Waals surface area contributed by atoms with E-state index in [1.165, 1.54) is 0 Å². The lowest BCUT2D eigenvalue weighted by atomic mass is 9.91. The number of para-hydroxylation sites is 2. The Labute approximate surface area is 329 Å². The van der Waals surface area contributed by atoms with Crippen LogP contribution >= 0.6 is 15.9 Å². The van der Waals surface area contributed by atoms with Crippen LogP contribution in [-0.2, 0) is 33.8 Å². The topological polar surface area (TPSA) is 148 Å². The molecule has 7 aromatic rings. The summed E-state index contributed by atoms with van der Waals surface area (Å²) >= 11 is 3.46. The average Bonchev–Trinajstić information content (AvgIpc) is 4.01. The van der Waals surface area contributed by atoms with E-state index < -0.39 is 5.54 Å². The predicted molar refractivity (Wildman–Crippen MR) is 209 cm³/mol. The van der Waals surface area contributed by atoms with Crippen LogP contribution in [0.2, 0.25) is 0 Å². The second-order valence-corrected chi connectivity index (χ2v) is 15.7. The van der Waals surface area contributed by atoms with E-state index in [4.69, 9.17) is 28.9 Å². The molecule has 15 heteroatoms. The third-order valence-corrected chi connectivity index (χ3v) is 11.9. The number of fused-ring (bicyclic) bond motifs is 12. The molecule has 1 saturated heterocycles. The summed E-state index contributed by atoms with van der Waals surface area (Å²) in [7, 11) is 0. The van der Waals surface area contributed by atoms with Crippen molar-refractivity contribution < 1.29 is 24.1 Å². The maximum absolute atomic E-state index is 9.75. The molecule has 0 amide bonds. The Morgan fingerprint density at radius 3 is 1.80 bits per heavy atom. The molecule has 56 heavy (non-hydrogen) atoms. The van der Waals surface area contributed by atoms with Gasteiger partial charge in [0.15, 0.2) is 11.3 Å². The summed E-state index contributed by atoms with van der Waals surface area (Å²) in [5.41, 5.74) is 6.41. The van der Waals surface area contributed by atoms with Crippen molar-refractivity contribution >= 4 is 44.2 Å². The minimum absolute atomic E-state index is 0.223. The second-order valence-electron chi connectivity index (χ2n) is 14.9. The lowest BCUT2D eigenvalue weighted by Gasteiger charge is -2.34. The van der Waals surface area contributed by atoms with Gasteiger partial charge in [-0.25, -0.2) is 29.9 Å². The molecule has 2 atom stereocenters. The molecule has 282 valence electrons. The van der Waals surface area contributed by atoms with Crippen LogP contribution in [-0.4, -0.2) is 89.8 Å². The molecule has 14 nitrogen and oxygen atoms in total. The molecular weight excluding hydrogens is 778 g/mol. The molecule has 10 heterocycles. The summed E-state index contributed by atoms with van der Waals surface area (Å²) in [6, 6.07) is 24.1. The Bertz CT molecular complexity index is 2640. The summed E-state index contributed by atoms with van der Waals surface area (Å²) < 4.78 is 29.0. The van der Waals surface area contributed by atoms with Gasteiger partial charge >= 0.3 is 0 Å². The number of hydrogen-bond donors (Lipinski definition) is 1. The molecule has 5 aliphatic heterocycles. The van der Waals surface area contributed by atoms with E-state index in [0.717, 1.165) is 98.4 Å². The highest BCUT2D eigenvalue weighted by atomic mass is 79.9. The van der Waals surface area contributed by atoms with Crippen molar-refractivity contribution in [2.24, 2.45) is 0 Å². The van der Waals surface area contributed by atoms with E-state index in [-0.39, 0.29) is 11.6 Å². The van der Waals surface area contributed by atoms with Crippen LogP contribution in [0, 0.1) is 0 Å². The molecule has 0 bridgehead atoms. The zero-order valence-electron chi connectivity index (χ0n) is 30.2. The van der Waals surface area contributed by atoms with Crippen molar-refractivity contribution in [2.75, 3.05) is 44.4 Å². The van der Waals surface area contributed by atoms with E-state index in [9.17, 15) is 5.11 Å². The molecule has 0 aliphatic carbocycles. The molecule has 2 spiro atoms. The Hall–Kier alpha value is -5.48. The number of aromatic nitrogens is 8. The molecule has 12 rings (SSSR count). The van der Waals surface area contributed by atoms with Gasteiger partial charge in [0, 0.05) is 42.2 Å². The summed E-state index contributed by atoms with van der Waals surface area (Å²) in [5, 5.41) is 9.75. The van der Waals surface area contributed by atoms with Gasteiger partial charge in [0.25, 0.3) is 0 Å². The highest BCUT2D eigenvalue weighted by Gasteiger charge is 2.48. The van der Waals surface area contributed by atoms with Gasteiger partial charge in [0.05, 0.1) is 25.0 Å². The average molecular weight is 815 g/mol. The number of rotatable bonds is 2. The minimum atomic E-state index is -0.482. The first-order chi connectivity index (χ1) is 27.5. The standard InChI is InChI=1S/C25H24N6O3.C16H12BrN3O2/c32-17-7-9-30(10-8-17)24-26-11-16(12-27-24)19-5-6-20-23(29-19)31-22(28-20)13-33-14-25(31)15-34-21-4-2-1-3-18(21)25;17-13-6-5-11-15(19-13)20-14(18-11)7-21-8-16(20)9-22-12-4-2-1-3-10(12)16/h1-6,11-12,17,32H,7-10,13-15H2;1-6H,7-9H2. The smallest absolute Gasteiger partial charge is 0.225 e. The molecule has 0 radical (unpaired) electrons. The number of halogens is 1. The van der Waals surface area contributed by atoms with Gasteiger partial charge in [-0.3, -0.25) is 9.13 Å². The predicted octanol–water partition coefficient (Wildman–Crippen LogP) is 5.38. The number of pyridine rings is 2. The van der Waals surface area contributed by atoms with Crippen molar-refractivity contribution in [1.29, 1.82) is 0 Å². The maximum Gasteiger partial charge on any atom is 0.225 e. The van der Waals surface area contributed by atoms with E-state index in [0.29, 0.717) is 45.6 Å². The van der Waals surface area contributed by atoms with Gasteiger partial charge in [0.1, 0.15) is 76.3 Å². The van der Waals surface area contributed by atoms with E-state index in [1.54, 1.807) is 0 Å². The monoisotopic (exact) mass is 813 g/mol. The first-order valence-corrected chi connectivity index (χ1v) is 19.6. The zero-order valence-corrected chi connectivity index (χ0v) is 31.8.